The summed E-state index contributed by atoms with van der Waals surface area (Å²) in [5.74, 6) is 0.758. The molecule has 4 aromatic rings. The van der Waals surface area contributed by atoms with Gasteiger partial charge in [-0.05, 0) is 48.4 Å². The van der Waals surface area contributed by atoms with Crippen molar-refractivity contribution in [3.05, 3.63) is 78.0 Å². The number of amides is 1. The molecule has 1 fully saturated rings. The van der Waals surface area contributed by atoms with Gasteiger partial charge in [-0.2, -0.15) is 0 Å². The quantitative estimate of drug-likeness (QED) is 0.554. The van der Waals surface area contributed by atoms with Crippen molar-refractivity contribution >= 4 is 16.8 Å². The van der Waals surface area contributed by atoms with E-state index in [9.17, 15) is 4.79 Å². The van der Waals surface area contributed by atoms with E-state index >= 15 is 0 Å². The molecule has 1 aliphatic rings. The molecule has 1 aromatic carbocycles. The van der Waals surface area contributed by atoms with E-state index in [2.05, 4.69) is 26.0 Å². The minimum absolute atomic E-state index is 0.0228. The van der Waals surface area contributed by atoms with Crippen LogP contribution in [0.25, 0.3) is 22.3 Å². The van der Waals surface area contributed by atoms with Gasteiger partial charge in [0.1, 0.15) is 11.5 Å². The third kappa shape index (κ3) is 4.32. The molecule has 7 nitrogen and oxygen atoms in total. The number of aromatic nitrogens is 4. The molecule has 0 spiro atoms. The molecule has 5 rings (SSSR count). The zero-order valence-corrected chi connectivity index (χ0v) is 17.1. The Labute approximate surface area is 180 Å². The number of fused-ring (bicyclic) bond motifs is 1. The number of hydrogen-bond donors (Lipinski definition) is 1. The van der Waals surface area contributed by atoms with Crippen LogP contribution in [0.4, 0.5) is 0 Å². The minimum Gasteiger partial charge on any atom is -0.380 e. The molecular formula is C24H23N5O2. The summed E-state index contributed by atoms with van der Waals surface area (Å²) in [7, 11) is 0. The maximum absolute atomic E-state index is 12.9. The summed E-state index contributed by atoms with van der Waals surface area (Å²) in [6, 6.07) is 15.7. The Bertz CT molecular complexity index is 1200. The van der Waals surface area contributed by atoms with Crippen molar-refractivity contribution < 1.29 is 9.53 Å². The molecule has 3 aromatic heterocycles. The van der Waals surface area contributed by atoms with Gasteiger partial charge in [0.15, 0.2) is 0 Å². The summed E-state index contributed by atoms with van der Waals surface area (Å²) < 4.78 is 5.46. The van der Waals surface area contributed by atoms with Crippen LogP contribution in [0.3, 0.4) is 0 Å². The normalized spacial score (nSPS) is 14.5. The minimum atomic E-state index is 0.0228. The first kappa shape index (κ1) is 19.4. The zero-order valence-electron chi connectivity index (χ0n) is 17.1. The van der Waals surface area contributed by atoms with Crippen LogP contribution >= 0.6 is 0 Å². The van der Waals surface area contributed by atoms with Crippen LogP contribution in [0.5, 0.6) is 0 Å². The standard InChI is InChI=1S/C24H23N5O2/c30-24(29-10-3-12-31-13-11-29)22-16-18-14-17(5-6-19(18)27-22)15-23-26-9-7-21(28-23)20-4-1-2-8-25-20/h1-2,4-9,14,16,27H,3,10-13,15H2. The van der Waals surface area contributed by atoms with Crippen LogP contribution in [-0.2, 0) is 11.2 Å². The Morgan fingerprint density at radius 1 is 1.00 bits per heavy atom. The molecule has 7 heteroatoms. The second-order valence-electron chi connectivity index (χ2n) is 7.61. The molecule has 1 saturated heterocycles. The number of benzene rings is 1. The largest absolute Gasteiger partial charge is 0.380 e. The van der Waals surface area contributed by atoms with E-state index in [0.29, 0.717) is 31.9 Å². The number of ether oxygens (including phenoxy) is 1. The number of H-pyrrole nitrogens is 1. The first-order chi connectivity index (χ1) is 15.3. The van der Waals surface area contributed by atoms with E-state index in [-0.39, 0.29) is 5.91 Å². The first-order valence-electron chi connectivity index (χ1n) is 10.5. The molecule has 1 aliphatic heterocycles. The number of rotatable bonds is 4. The number of aromatic amines is 1. The molecule has 1 amide bonds. The van der Waals surface area contributed by atoms with E-state index < -0.39 is 0 Å². The van der Waals surface area contributed by atoms with Crippen molar-refractivity contribution in [3.8, 4) is 11.4 Å². The summed E-state index contributed by atoms with van der Waals surface area (Å²) in [6.45, 7) is 2.66. The molecule has 156 valence electrons. The number of nitrogens with zero attached hydrogens (tertiary/aromatic N) is 4. The maximum Gasteiger partial charge on any atom is 0.270 e. The fourth-order valence-electron chi connectivity index (χ4n) is 3.85. The lowest BCUT2D eigenvalue weighted by molar-refractivity contribution is 0.0736. The topological polar surface area (TPSA) is 84.0 Å². The van der Waals surface area contributed by atoms with Gasteiger partial charge in [0, 0.05) is 49.4 Å². The number of pyridine rings is 1. The lowest BCUT2D eigenvalue weighted by Crippen LogP contribution is -2.33. The van der Waals surface area contributed by atoms with Crippen LogP contribution < -0.4 is 0 Å². The van der Waals surface area contributed by atoms with Crippen molar-refractivity contribution in [1.29, 1.82) is 0 Å². The fraction of sp³-hybridized carbons (Fsp3) is 0.250. The Balaban J connectivity index is 1.36. The molecule has 0 bridgehead atoms. The molecule has 0 saturated carbocycles. The van der Waals surface area contributed by atoms with Gasteiger partial charge in [-0.3, -0.25) is 9.78 Å². The summed E-state index contributed by atoms with van der Waals surface area (Å²) in [4.78, 5) is 31.5. The van der Waals surface area contributed by atoms with Gasteiger partial charge >= 0.3 is 0 Å². The molecule has 0 unspecified atom stereocenters. The fourth-order valence-corrected chi connectivity index (χ4v) is 3.85. The van der Waals surface area contributed by atoms with Crippen molar-refractivity contribution in [1.82, 2.24) is 24.8 Å². The average molecular weight is 413 g/mol. The highest BCUT2D eigenvalue weighted by molar-refractivity contribution is 5.98. The Morgan fingerprint density at radius 3 is 2.87 bits per heavy atom. The van der Waals surface area contributed by atoms with Gasteiger partial charge in [-0.1, -0.05) is 12.1 Å². The predicted octanol–water partition coefficient (Wildman–Crippen LogP) is 3.47. The average Bonchev–Trinajstić information content (AvgIpc) is 3.04. The van der Waals surface area contributed by atoms with Gasteiger partial charge in [0.25, 0.3) is 5.91 Å². The van der Waals surface area contributed by atoms with Crippen molar-refractivity contribution in [2.24, 2.45) is 0 Å². The molecular weight excluding hydrogens is 390 g/mol. The first-order valence-corrected chi connectivity index (χ1v) is 10.5. The van der Waals surface area contributed by atoms with Crippen molar-refractivity contribution in [3.63, 3.8) is 0 Å². The van der Waals surface area contributed by atoms with E-state index in [1.54, 1.807) is 12.4 Å². The highest BCUT2D eigenvalue weighted by Crippen LogP contribution is 2.21. The third-order valence-electron chi connectivity index (χ3n) is 5.42. The second-order valence-corrected chi connectivity index (χ2v) is 7.61. The van der Waals surface area contributed by atoms with Crippen LogP contribution in [-0.4, -0.2) is 57.0 Å². The van der Waals surface area contributed by atoms with Gasteiger partial charge in [-0.25, -0.2) is 9.97 Å². The molecule has 31 heavy (non-hydrogen) atoms. The molecule has 1 N–H and O–H groups in total. The van der Waals surface area contributed by atoms with E-state index in [1.807, 2.05) is 47.4 Å². The van der Waals surface area contributed by atoms with Gasteiger partial charge in [-0.15, -0.1) is 0 Å². The molecule has 0 atom stereocenters. The van der Waals surface area contributed by atoms with Crippen LogP contribution in [0.2, 0.25) is 0 Å². The highest BCUT2D eigenvalue weighted by atomic mass is 16.5. The van der Waals surface area contributed by atoms with E-state index in [4.69, 9.17) is 4.74 Å². The van der Waals surface area contributed by atoms with Gasteiger partial charge in [0.2, 0.25) is 0 Å². The Hall–Kier alpha value is -3.58. The monoisotopic (exact) mass is 413 g/mol. The molecule has 4 heterocycles. The van der Waals surface area contributed by atoms with Crippen LogP contribution in [0.15, 0.2) is 60.9 Å². The second kappa shape index (κ2) is 8.65. The lowest BCUT2D eigenvalue weighted by atomic mass is 10.1. The summed E-state index contributed by atoms with van der Waals surface area (Å²) in [5, 5.41) is 1.01. The zero-order chi connectivity index (χ0) is 21.0. The van der Waals surface area contributed by atoms with Gasteiger partial charge in [0.05, 0.1) is 18.0 Å². The maximum atomic E-state index is 12.9. The van der Waals surface area contributed by atoms with Crippen molar-refractivity contribution in [2.75, 3.05) is 26.3 Å². The highest BCUT2D eigenvalue weighted by Gasteiger charge is 2.19. The number of hydrogen-bond acceptors (Lipinski definition) is 5. The number of carbonyl (C=O) groups is 1. The third-order valence-corrected chi connectivity index (χ3v) is 5.42. The smallest absolute Gasteiger partial charge is 0.270 e. The lowest BCUT2D eigenvalue weighted by Gasteiger charge is -2.18. The van der Waals surface area contributed by atoms with E-state index in [1.165, 1.54) is 0 Å². The summed E-state index contributed by atoms with van der Waals surface area (Å²) in [5.41, 5.74) is 4.28. The molecule has 0 aliphatic carbocycles. The predicted molar refractivity (Wildman–Crippen MR) is 118 cm³/mol. The van der Waals surface area contributed by atoms with Crippen LogP contribution in [0, 0.1) is 0 Å². The van der Waals surface area contributed by atoms with Crippen molar-refractivity contribution in [2.45, 2.75) is 12.8 Å². The van der Waals surface area contributed by atoms with Gasteiger partial charge < -0.3 is 14.6 Å². The summed E-state index contributed by atoms with van der Waals surface area (Å²) >= 11 is 0. The molecule has 0 radical (unpaired) electrons. The summed E-state index contributed by atoms with van der Waals surface area (Å²) in [6.07, 6.45) is 5.00. The number of carbonyl (C=O) groups excluding carboxylic acids is 1. The Kier molecular flexibility index (Phi) is 5.41. The van der Waals surface area contributed by atoms with Crippen LogP contribution in [0.1, 0.15) is 28.3 Å². The SMILES string of the molecule is O=C(c1cc2cc(Cc3nccc(-c4ccccn4)n3)ccc2[nH]1)N1CCCOCC1. The Morgan fingerprint density at radius 2 is 1.97 bits per heavy atom. The van der Waals surface area contributed by atoms with E-state index in [0.717, 1.165) is 46.6 Å². The number of nitrogens with one attached hydrogen (secondary N) is 1.